The Bertz CT molecular complexity index is 507. The van der Waals surface area contributed by atoms with Crippen molar-refractivity contribution in [1.82, 2.24) is 4.72 Å². The van der Waals surface area contributed by atoms with Crippen LogP contribution in [-0.2, 0) is 10.0 Å². The van der Waals surface area contributed by atoms with E-state index in [1.54, 1.807) is 0 Å². The number of benzene rings is 1. The third kappa shape index (κ3) is 4.14. The lowest BCUT2D eigenvalue weighted by Crippen LogP contribution is -2.26. The summed E-state index contributed by atoms with van der Waals surface area (Å²) in [5, 5.41) is 2.83. The van der Waals surface area contributed by atoms with Gasteiger partial charge in [0.15, 0.2) is 0 Å². The summed E-state index contributed by atoms with van der Waals surface area (Å²) in [6, 6.07) is 2.63. The van der Waals surface area contributed by atoms with Gasteiger partial charge in [0.1, 0.15) is 5.82 Å². The Labute approximate surface area is 108 Å². The normalized spacial score (nSPS) is 11.5. The van der Waals surface area contributed by atoms with Gasteiger partial charge in [-0.15, -0.1) is 0 Å². The van der Waals surface area contributed by atoms with E-state index in [0.717, 1.165) is 0 Å². The lowest BCUT2D eigenvalue weighted by atomic mass is 10.2. The van der Waals surface area contributed by atoms with Crippen LogP contribution < -0.4 is 15.8 Å². The Balaban J connectivity index is 2.68. The standard InChI is InChI=1S/C9H13BrFN3O2S/c1-13-17(15,16)3-2-14-9-4-6(10)7(11)5-8(9)12/h4-5,13-14H,2-3,12H2,1H3. The van der Waals surface area contributed by atoms with E-state index in [4.69, 9.17) is 5.73 Å². The van der Waals surface area contributed by atoms with Crippen molar-refractivity contribution in [3.8, 4) is 0 Å². The van der Waals surface area contributed by atoms with E-state index in [-0.39, 0.29) is 22.5 Å². The number of nitrogen functional groups attached to an aromatic ring is 1. The van der Waals surface area contributed by atoms with Gasteiger partial charge >= 0.3 is 0 Å². The first-order valence-corrected chi connectivity index (χ1v) is 7.20. The SMILES string of the molecule is CNS(=O)(=O)CCNc1cc(Br)c(F)cc1N. The van der Waals surface area contributed by atoms with Crippen molar-refractivity contribution in [1.29, 1.82) is 0 Å². The Morgan fingerprint density at radius 1 is 1.47 bits per heavy atom. The highest BCUT2D eigenvalue weighted by Gasteiger charge is 2.08. The molecular weight excluding hydrogens is 313 g/mol. The molecule has 0 aromatic heterocycles. The van der Waals surface area contributed by atoms with Gasteiger partial charge < -0.3 is 11.1 Å². The highest BCUT2D eigenvalue weighted by atomic mass is 79.9. The maximum absolute atomic E-state index is 13.1. The monoisotopic (exact) mass is 325 g/mol. The van der Waals surface area contributed by atoms with Crippen molar-refractivity contribution in [3.05, 3.63) is 22.4 Å². The first kappa shape index (κ1) is 14.2. The molecule has 0 aliphatic rings. The zero-order valence-electron chi connectivity index (χ0n) is 9.13. The smallest absolute Gasteiger partial charge is 0.213 e. The fraction of sp³-hybridized carbons (Fsp3) is 0.333. The van der Waals surface area contributed by atoms with Gasteiger partial charge in [-0.05, 0) is 29.0 Å². The summed E-state index contributed by atoms with van der Waals surface area (Å²) in [6.07, 6.45) is 0. The largest absolute Gasteiger partial charge is 0.397 e. The Morgan fingerprint density at radius 3 is 2.71 bits per heavy atom. The molecule has 4 N–H and O–H groups in total. The van der Waals surface area contributed by atoms with Gasteiger partial charge in [0.05, 0.1) is 21.6 Å². The second-order valence-corrected chi connectivity index (χ2v) is 6.20. The third-order valence-corrected chi connectivity index (χ3v) is 4.06. The predicted molar refractivity (Wildman–Crippen MR) is 69.8 cm³/mol. The molecule has 0 saturated heterocycles. The van der Waals surface area contributed by atoms with Gasteiger partial charge in [-0.1, -0.05) is 0 Å². The van der Waals surface area contributed by atoms with Crippen LogP contribution in [0.2, 0.25) is 0 Å². The summed E-state index contributed by atoms with van der Waals surface area (Å²) in [5.41, 5.74) is 6.30. The quantitative estimate of drug-likeness (QED) is 0.708. The van der Waals surface area contributed by atoms with Crippen LogP contribution in [-0.4, -0.2) is 27.8 Å². The number of hydrogen-bond donors (Lipinski definition) is 3. The summed E-state index contributed by atoms with van der Waals surface area (Å²) in [6.45, 7) is 0.186. The molecule has 1 aromatic carbocycles. The van der Waals surface area contributed by atoms with Crippen LogP contribution in [0.3, 0.4) is 0 Å². The molecule has 17 heavy (non-hydrogen) atoms. The molecular formula is C9H13BrFN3O2S. The first-order valence-electron chi connectivity index (χ1n) is 4.75. The lowest BCUT2D eigenvalue weighted by Gasteiger charge is -2.10. The third-order valence-electron chi connectivity index (χ3n) is 2.09. The van der Waals surface area contributed by atoms with Crippen molar-refractivity contribution in [2.24, 2.45) is 0 Å². The fourth-order valence-corrected chi connectivity index (χ4v) is 2.06. The molecule has 0 saturated carbocycles. The number of rotatable bonds is 5. The molecule has 0 radical (unpaired) electrons. The van der Waals surface area contributed by atoms with E-state index in [2.05, 4.69) is 26.0 Å². The van der Waals surface area contributed by atoms with Gasteiger partial charge in [-0.2, -0.15) is 0 Å². The number of nitrogens with two attached hydrogens (primary N) is 1. The molecule has 96 valence electrons. The van der Waals surface area contributed by atoms with Crippen LogP contribution >= 0.6 is 15.9 Å². The number of halogens is 2. The molecule has 0 spiro atoms. The molecule has 0 unspecified atom stereocenters. The van der Waals surface area contributed by atoms with Crippen LogP contribution in [0.1, 0.15) is 0 Å². The van der Waals surface area contributed by atoms with Crippen molar-refractivity contribution >= 4 is 37.3 Å². The second-order valence-electron chi connectivity index (χ2n) is 3.30. The number of hydrogen-bond acceptors (Lipinski definition) is 4. The topological polar surface area (TPSA) is 84.2 Å². The van der Waals surface area contributed by atoms with E-state index in [1.165, 1.54) is 19.2 Å². The summed E-state index contributed by atoms with van der Waals surface area (Å²) < 4.78 is 37.8. The average molecular weight is 326 g/mol. The van der Waals surface area contributed by atoms with E-state index in [0.29, 0.717) is 5.69 Å². The molecule has 8 heteroatoms. The molecule has 0 bridgehead atoms. The van der Waals surface area contributed by atoms with Gasteiger partial charge in [0, 0.05) is 12.6 Å². The zero-order chi connectivity index (χ0) is 13.1. The van der Waals surface area contributed by atoms with E-state index in [1.807, 2.05) is 0 Å². The van der Waals surface area contributed by atoms with Crippen molar-refractivity contribution in [3.63, 3.8) is 0 Å². The predicted octanol–water partition coefficient (Wildman–Crippen LogP) is 1.13. The second kappa shape index (κ2) is 5.65. The van der Waals surface area contributed by atoms with Crippen LogP contribution in [0.4, 0.5) is 15.8 Å². The van der Waals surface area contributed by atoms with Crippen LogP contribution in [0.25, 0.3) is 0 Å². The Kier molecular flexibility index (Phi) is 4.72. The van der Waals surface area contributed by atoms with E-state index < -0.39 is 15.8 Å². The molecule has 0 aliphatic heterocycles. The first-order chi connectivity index (χ1) is 7.85. The van der Waals surface area contributed by atoms with Crippen molar-refractivity contribution in [2.75, 3.05) is 30.4 Å². The molecule has 0 amide bonds. The molecule has 0 atom stereocenters. The van der Waals surface area contributed by atoms with Gasteiger partial charge in [-0.25, -0.2) is 17.5 Å². The van der Waals surface area contributed by atoms with Gasteiger partial charge in [0.2, 0.25) is 10.0 Å². The van der Waals surface area contributed by atoms with Crippen LogP contribution in [0, 0.1) is 5.82 Å². The molecule has 0 fully saturated rings. The summed E-state index contributed by atoms with van der Waals surface area (Å²) >= 11 is 3.02. The Morgan fingerprint density at radius 2 is 2.12 bits per heavy atom. The number of anilines is 2. The fourth-order valence-electron chi connectivity index (χ4n) is 1.14. The Hall–Kier alpha value is -0.860. The minimum atomic E-state index is -3.26. The summed E-state index contributed by atoms with van der Waals surface area (Å²) in [4.78, 5) is 0. The van der Waals surface area contributed by atoms with Crippen LogP contribution in [0.15, 0.2) is 16.6 Å². The highest BCUT2D eigenvalue weighted by molar-refractivity contribution is 9.10. The molecule has 0 aliphatic carbocycles. The molecule has 5 nitrogen and oxygen atoms in total. The number of nitrogens with one attached hydrogen (secondary N) is 2. The lowest BCUT2D eigenvalue weighted by molar-refractivity contribution is 0.588. The van der Waals surface area contributed by atoms with Crippen molar-refractivity contribution < 1.29 is 12.8 Å². The molecule has 0 heterocycles. The van der Waals surface area contributed by atoms with Gasteiger partial charge in [-0.3, -0.25) is 0 Å². The van der Waals surface area contributed by atoms with E-state index in [9.17, 15) is 12.8 Å². The van der Waals surface area contributed by atoms with E-state index >= 15 is 0 Å². The summed E-state index contributed by atoms with van der Waals surface area (Å²) in [5.74, 6) is -0.548. The summed E-state index contributed by atoms with van der Waals surface area (Å²) in [7, 11) is -1.91. The maximum atomic E-state index is 13.1. The van der Waals surface area contributed by atoms with Crippen molar-refractivity contribution in [2.45, 2.75) is 0 Å². The minimum Gasteiger partial charge on any atom is -0.397 e. The maximum Gasteiger partial charge on any atom is 0.213 e. The zero-order valence-corrected chi connectivity index (χ0v) is 11.5. The molecule has 1 aromatic rings. The van der Waals surface area contributed by atoms with Gasteiger partial charge in [0.25, 0.3) is 0 Å². The average Bonchev–Trinajstić information content (AvgIpc) is 2.25. The number of sulfonamides is 1. The van der Waals surface area contributed by atoms with Crippen LogP contribution in [0.5, 0.6) is 0 Å². The highest BCUT2D eigenvalue weighted by Crippen LogP contribution is 2.26. The minimum absolute atomic E-state index is 0.0854. The molecule has 1 rings (SSSR count).